The number of imidazole rings is 1. The minimum Gasteiger partial charge on any atom is -0.444 e. The quantitative estimate of drug-likeness (QED) is 0.428. The van der Waals surface area contributed by atoms with Gasteiger partial charge in [-0.1, -0.05) is 0 Å². The fourth-order valence-electron chi connectivity index (χ4n) is 3.51. The van der Waals surface area contributed by atoms with Crippen LogP contribution in [0.25, 0.3) is 0 Å². The van der Waals surface area contributed by atoms with Crippen molar-refractivity contribution in [3.05, 3.63) is 18.7 Å². The monoisotopic (exact) mass is 406 g/mol. The van der Waals surface area contributed by atoms with Gasteiger partial charge in [0.15, 0.2) is 5.96 Å². The van der Waals surface area contributed by atoms with Gasteiger partial charge in [-0.15, -0.1) is 0 Å². The predicted octanol–water partition coefficient (Wildman–Crippen LogP) is 2.82. The molecule has 0 unspecified atom stereocenters. The van der Waals surface area contributed by atoms with E-state index in [9.17, 15) is 4.79 Å². The zero-order valence-electron chi connectivity index (χ0n) is 18.7. The number of hydrogen-bond donors (Lipinski definition) is 1. The van der Waals surface area contributed by atoms with Gasteiger partial charge in [0, 0.05) is 58.7 Å². The molecule has 1 aliphatic heterocycles. The van der Waals surface area contributed by atoms with Crippen molar-refractivity contribution in [3.8, 4) is 0 Å². The van der Waals surface area contributed by atoms with Crippen molar-refractivity contribution in [2.24, 2.45) is 10.9 Å². The lowest BCUT2D eigenvalue weighted by Crippen LogP contribution is -2.48. The largest absolute Gasteiger partial charge is 0.444 e. The average Bonchev–Trinajstić information content (AvgIpc) is 3.19. The van der Waals surface area contributed by atoms with Gasteiger partial charge >= 0.3 is 6.09 Å². The fourth-order valence-corrected chi connectivity index (χ4v) is 3.51. The molecule has 2 heterocycles. The molecule has 1 fully saturated rings. The molecule has 8 nitrogen and oxygen atoms in total. The molecule has 1 amide bonds. The van der Waals surface area contributed by atoms with Crippen LogP contribution in [0.5, 0.6) is 0 Å². The second-order valence-corrected chi connectivity index (χ2v) is 8.58. The Balaban J connectivity index is 1.72. The second-order valence-electron chi connectivity index (χ2n) is 8.58. The van der Waals surface area contributed by atoms with Crippen LogP contribution in [-0.2, 0) is 11.3 Å². The Morgan fingerprint density at radius 1 is 1.34 bits per heavy atom. The van der Waals surface area contributed by atoms with Crippen molar-refractivity contribution >= 4 is 12.1 Å². The molecule has 1 aromatic rings. The third-order valence-corrected chi connectivity index (χ3v) is 5.07. The van der Waals surface area contributed by atoms with Crippen LogP contribution in [0, 0.1) is 5.92 Å². The number of hydrogen-bond acceptors (Lipinski definition) is 4. The zero-order valence-corrected chi connectivity index (χ0v) is 18.7. The van der Waals surface area contributed by atoms with Crippen LogP contribution in [0.15, 0.2) is 23.7 Å². The summed E-state index contributed by atoms with van der Waals surface area (Å²) in [6, 6.07) is 0. The van der Waals surface area contributed by atoms with E-state index < -0.39 is 5.60 Å². The molecule has 0 aromatic carbocycles. The molecule has 0 bridgehead atoms. The molecule has 0 radical (unpaired) electrons. The van der Waals surface area contributed by atoms with E-state index >= 15 is 0 Å². The third kappa shape index (κ3) is 7.95. The Morgan fingerprint density at radius 2 is 2.07 bits per heavy atom. The normalized spacial score (nSPS) is 16.0. The van der Waals surface area contributed by atoms with Gasteiger partial charge in [0.1, 0.15) is 5.60 Å². The zero-order chi connectivity index (χ0) is 21.3. The predicted molar refractivity (Wildman–Crippen MR) is 116 cm³/mol. The van der Waals surface area contributed by atoms with E-state index in [1.54, 1.807) is 6.20 Å². The number of amides is 1. The van der Waals surface area contributed by atoms with Crippen molar-refractivity contribution < 1.29 is 9.53 Å². The van der Waals surface area contributed by atoms with Gasteiger partial charge in [-0.2, -0.15) is 0 Å². The van der Waals surface area contributed by atoms with E-state index in [4.69, 9.17) is 4.74 Å². The van der Waals surface area contributed by atoms with Gasteiger partial charge in [0.25, 0.3) is 0 Å². The third-order valence-electron chi connectivity index (χ3n) is 5.07. The molecule has 1 aromatic heterocycles. The Bertz CT molecular complexity index is 630. The fraction of sp³-hybridized carbons (Fsp3) is 0.762. The summed E-state index contributed by atoms with van der Waals surface area (Å²) in [6.07, 6.45) is 8.54. The van der Waals surface area contributed by atoms with Gasteiger partial charge in [0.2, 0.25) is 0 Å². The lowest BCUT2D eigenvalue weighted by atomic mass is 9.96. The molecule has 1 saturated heterocycles. The maximum Gasteiger partial charge on any atom is 0.410 e. The number of piperidine rings is 1. The SMILES string of the molecule is CCN(CC1CCN(C(=NC)NCCCn2ccnc2)CC1)C(=O)OC(C)(C)C. The van der Waals surface area contributed by atoms with Crippen LogP contribution in [-0.4, -0.2) is 76.8 Å². The number of aromatic nitrogens is 2. The first-order valence-corrected chi connectivity index (χ1v) is 10.7. The molecule has 0 atom stereocenters. The maximum absolute atomic E-state index is 12.4. The molecule has 8 heteroatoms. The van der Waals surface area contributed by atoms with E-state index in [2.05, 4.69) is 24.8 Å². The molecule has 164 valence electrons. The first-order valence-electron chi connectivity index (χ1n) is 10.7. The van der Waals surface area contributed by atoms with Gasteiger partial charge in [-0.3, -0.25) is 4.99 Å². The topological polar surface area (TPSA) is 75.0 Å². The summed E-state index contributed by atoms with van der Waals surface area (Å²) < 4.78 is 7.62. The van der Waals surface area contributed by atoms with Crippen LogP contribution in [0.1, 0.15) is 47.0 Å². The van der Waals surface area contributed by atoms with Crippen molar-refractivity contribution in [3.63, 3.8) is 0 Å². The molecule has 2 rings (SSSR count). The van der Waals surface area contributed by atoms with Gasteiger partial charge < -0.3 is 24.4 Å². The maximum atomic E-state index is 12.4. The number of rotatable bonds is 7. The Kier molecular flexibility index (Phi) is 8.79. The summed E-state index contributed by atoms with van der Waals surface area (Å²) in [5, 5.41) is 3.47. The number of guanidine groups is 1. The second kappa shape index (κ2) is 11.1. The first kappa shape index (κ1) is 23.0. The van der Waals surface area contributed by atoms with Gasteiger partial charge in [0.05, 0.1) is 6.33 Å². The molecule has 0 aliphatic carbocycles. The van der Waals surface area contributed by atoms with Gasteiger partial charge in [-0.25, -0.2) is 9.78 Å². The average molecular weight is 407 g/mol. The molecule has 1 N–H and O–H groups in total. The lowest BCUT2D eigenvalue weighted by Gasteiger charge is -2.36. The van der Waals surface area contributed by atoms with Crippen LogP contribution in [0.2, 0.25) is 0 Å². The number of aliphatic imine (C=N–C) groups is 1. The number of nitrogens with zero attached hydrogens (tertiary/aromatic N) is 5. The molecular formula is C21H38N6O2. The van der Waals surface area contributed by atoms with Crippen molar-refractivity contribution in [1.82, 2.24) is 24.7 Å². The Hall–Kier alpha value is -2.25. The van der Waals surface area contributed by atoms with Crippen LogP contribution < -0.4 is 5.32 Å². The number of nitrogens with one attached hydrogen (secondary N) is 1. The van der Waals surface area contributed by atoms with Crippen molar-refractivity contribution in [1.29, 1.82) is 0 Å². The highest BCUT2D eigenvalue weighted by Gasteiger charge is 2.27. The minimum atomic E-state index is -0.454. The van der Waals surface area contributed by atoms with E-state index in [0.717, 1.165) is 57.9 Å². The molecule has 0 saturated carbocycles. The number of aryl methyl sites for hydroxylation is 1. The standard InChI is InChI=1S/C21H38N6O2/c1-6-26(20(28)29-21(2,3)4)16-18-8-13-27(14-9-18)19(22-5)24-10-7-12-25-15-11-23-17-25/h11,15,17-18H,6-10,12-14,16H2,1-5H3,(H,22,24). The summed E-state index contributed by atoms with van der Waals surface area (Å²) in [5.41, 5.74) is -0.454. The number of carbonyl (C=O) groups excluding carboxylic acids is 1. The lowest BCUT2D eigenvalue weighted by molar-refractivity contribution is 0.0214. The van der Waals surface area contributed by atoms with E-state index in [1.807, 2.05) is 52.2 Å². The van der Waals surface area contributed by atoms with Crippen LogP contribution in [0.3, 0.4) is 0 Å². The van der Waals surface area contributed by atoms with Gasteiger partial charge in [-0.05, 0) is 52.9 Å². The summed E-state index contributed by atoms with van der Waals surface area (Å²) in [4.78, 5) is 25.0. The summed E-state index contributed by atoms with van der Waals surface area (Å²) >= 11 is 0. The number of carbonyl (C=O) groups is 1. The number of ether oxygens (including phenoxy) is 1. The highest BCUT2D eigenvalue weighted by Crippen LogP contribution is 2.20. The van der Waals surface area contributed by atoms with Crippen molar-refractivity contribution in [2.75, 3.05) is 39.8 Å². The molecule has 29 heavy (non-hydrogen) atoms. The minimum absolute atomic E-state index is 0.210. The van der Waals surface area contributed by atoms with E-state index in [0.29, 0.717) is 12.5 Å². The molecule has 0 spiro atoms. The Morgan fingerprint density at radius 3 is 2.62 bits per heavy atom. The smallest absolute Gasteiger partial charge is 0.410 e. The number of likely N-dealkylation sites (tertiary alicyclic amines) is 1. The first-order chi connectivity index (χ1) is 13.8. The Labute approximate surface area is 175 Å². The molecule has 1 aliphatic rings. The van der Waals surface area contributed by atoms with Crippen LogP contribution >= 0.6 is 0 Å². The molecular weight excluding hydrogens is 368 g/mol. The summed E-state index contributed by atoms with van der Waals surface area (Å²) in [6.45, 7) is 12.9. The highest BCUT2D eigenvalue weighted by molar-refractivity contribution is 5.79. The van der Waals surface area contributed by atoms with Crippen LogP contribution in [0.4, 0.5) is 4.79 Å². The van der Waals surface area contributed by atoms with E-state index in [-0.39, 0.29) is 6.09 Å². The van der Waals surface area contributed by atoms with Crippen molar-refractivity contribution in [2.45, 2.75) is 59.1 Å². The summed E-state index contributed by atoms with van der Waals surface area (Å²) in [5.74, 6) is 1.46. The summed E-state index contributed by atoms with van der Waals surface area (Å²) in [7, 11) is 1.84. The highest BCUT2D eigenvalue weighted by atomic mass is 16.6. The van der Waals surface area contributed by atoms with E-state index in [1.165, 1.54) is 0 Å².